The molecule has 0 radical (unpaired) electrons. The van der Waals surface area contributed by atoms with Gasteiger partial charge in [-0.15, -0.1) is 0 Å². The molecule has 1 amide bonds. The third kappa shape index (κ3) is 3.97. The van der Waals surface area contributed by atoms with Gasteiger partial charge in [-0.1, -0.05) is 25.0 Å². The standard InChI is InChI=1S/C17H26N2O2/c1-19(16-6-4-3-5-14(16)12-18)17(20)11-13-7-9-15(21-2)10-8-13/h7-10,14,16H,3-6,11-12,18H2,1-2H3. The summed E-state index contributed by atoms with van der Waals surface area (Å²) in [5.41, 5.74) is 6.89. The molecule has 0 bridgehead atoms. The fourth-order valence-corrected chi connectivity index (χ4v) is 3.20. The van der Waals surface area contributed by atoms with E-state index in [1.165, 1.54) is 12.8 Å². The van der Waals surface area contributed by atoms with Crippen molar-refractivity contribution in [3.8, 4) is 5.75 Å². The molecule has 1 aliphatic carbocycles. The van der Waals surface area contributed by atoms with Crippen LogP contribution in [0.15, 0.2) is 24.3 Å². The molecule has 1 aromatic carbocycles. The number of hydrogen-bond acceptors (Lipinski definition) is 3. The number of rotatable bonds is 5. The summed E-state index contributed by atoms with van der Waals surface area (Å²) in [6.45, 7) is 0.671. The van der Waals surface area contributed by atoms with Crippen molar-refractivity contribution in [2.45, 2.75) is 38.1 Å². The summed E-state index contributed by atoms with van der Waals surface area (Å²) >= 11 is 0. The number of ether oxygens (including phenoxy) is 1. The van der Waals surface area contributed by atoms with Crippen molar-refractivity contribution in [2.75, 3.05) is 20.7 Å². The molecule has 0 saturated heterocycles. The van der Waals surface area contributed by atoms with E-state index < -0.39 is 0 Å². The van der Waals surface area contributed by atoms with Crippen LogP contribution in [0.5, 0.6) is 5.75 Å². The number of hydrogen-bond donors (Lipinski definition) is 1. The average Bonchev–Trinajstić information content (AvgIpc) is 2.54. The summed E-state index contributed by atoms with van der Waals surface area (Å²) in [4.78, 5) is 14.4. The highest BCUT2D eigenvalue weighted by Gasteiger charge is 2.29. The van der Waals surface area contributed by atoms with Crippen LogP contribution in [0.1, 0.15) is 31.2 Å². The maximum Gasteiger partial charge on any atom is 0.226 e. The normalized spacial score (nSPS) is 21.9. The number of likely N-dealkylation sites (N-methyl/N-ethyl adjacent to an activating group) is 1. The molecule has 2 atom stereocenters. The van der Waals surface area contributed by atoms with E-state index in [0.717, 1.165) is 24.2 Å². The molecular formula is C17H26N2O2. The number of carbonyl (C=O) groups is 1. The van der Waals surface area contributed by atoms with Crippen LogP contribution in [-0.2, 0) is 11.2 Å². The van der Waals surface area contributed by atoms with E-state index in [1.807, 2.05) is 36.2 Å². The minimum atomic E-state index is 0.172. The highest BCUT2D eigenvalue weighted by atomic mass is 16.5. The molecule has 21 heavy (non-hydrogen) atoms. The van der Waals surface area contributed by atoms with Gasteiger partial charge in [0.2, 0.25) is 5.91 Å². The van der Waals surface area contributed by atoms with Crippen molar-refractivity contribution in [3.63, 3.8) is 0 Å². The maximum absolute atomic E-state index is 12.5. The van der Waals surface area contributed by atoms with Gasteiger partial charge in [0.25, 0.3) is 0 Å². The Balaban J connectivity index is 1.97. The Kier molecular flexibility index (Phi) is 5.62. The van der Waals surface area contributed by atoms with Crippen molar-refractivity contribution >= 4 is 5.91 Å². The summed E-state index contributed by atoms with van der Waals surface area (Å²) in [5.74, 6) is 1.43. The Morgan fingerprint density at radius 1 is 1.29 bits per heavy atom. The van der Waals surface area contributed by atoms with E-state index in [9.17, 15) is 4.79 Å². The quantitative estimate of drug-likeness (QED) is 0.904. The molecule has 0 aliphatic heterocycles. The molecule has 4 heteroatoms. The fraction of sp³-hybridized carbons (Fsp3) is 0.588. The topological polar surface area (TPSA) is 55.6 Å². The molecule has 116 valence electrons. The molecule has 0 aromatic heterocycles. The van der Waals surface area contributed by atoms with Crippen molar-refractivity contribution in [1.29, 1.82) is 0 Å². The summed E-state index contributed by atoms with van der Waals surface area (Å²) in [6, 6.07) is 7.99. The zero-order chi connectivity index (χ0) is 15.2. The zero-order valence-corrected chi connectivity index (χ0v) is 13.0. The van der Waals surface area contributed by atoms with Crippen LogP contribution in [0.3, 0.4) is 0 Å². The highest BCUT2D eigenvalue weighted by molar-refractivity contribution is 5.78. The van der Waals surface area contributed by atoms with Crippen molar-refractivity contribution in [1.82, 2.24) is 4.90 Å². The van der Waals surface area contributed by atoms with Gasteiger partial charge in [-0.2, -0.15) is 0 Å². The third-order valence-electron chi connectivity index (χ3n) is 4.58. The van der Waals surface area contributed by atoms with E-state index in [0.29, 0.717) is 24.9 Å². The van der Waals surface area contributed by atoms with Gasteiger partial charge in [-0.05, 0) is 43.0 Å². The predicted octanol–water partition coefficient (Wildman–Crippen LogP) is 2.21. The summed E-state index contributed by atoms with van der Waals surface area (Å²) in [6.07, 6.45) is 5.09. The minimum Gasteiger partial charge on any atom is -0.497 e. The van der Waals surface area contributed by atoms with Gasteiger partial charge in [0.15, 0.2) is 0 Å². The molecule has 1 aromatic rings. The van der Waals surface area contributed by atoms with Crippen molar-refractivity contribution in [3.05, 3.63) is 29.8 Å². The van der Waals surface area contributed by atoms with Gasteiger partial charge in [0.1, 0.15) is 5.75 Å². The first-order valence-electron chi connectivity index (χ1n) is 7.74. The van der Waals surface area contributed by atoms with Crippen LogP contribution in [0.4, 0.5) is 0 Å². The van der Waals surface area contributed by atoms with Gasteiger partial charge >= 0.3 is 0 Å². The van der Waals surface area contributed by atoms with Gasteiger partial charge in [-0.3, -0.25) is 4.79 Å². The van der Waals surface area contributed by atoms with Crippen LogP contribution in [0.25, 0.3) is 0 Å². The average molecular weight is 290 g/mol. The lowest BCUT2D eigenvalue weighted by molar-refractivity contribution is -0.132. The van der Waals surface area contributed by atoms with Gasteiger partial charge in [0, 0.05) is 13.1 Å². The van der Waals surface area contributed by atoms with Crippen molar-refractivity contribution in [2.24, 2.45) is 11.7 Å². The Hall–Kier alpha value is -1.55. The van der Waals surface area contributed by atoms with E-state index in [4.69, 9.17) is 10.5 Å². The number of carbonyl (C=O) groups excluding carboxylic acids is 1. The third-order valence-corrected chi connectivity index (χ3v) is 4.58. The van der Waals surface area contributed by atoms with E-state index >= 15 is 0 Å². The van der Waals surface area contributed by atoms with E-state index in [1.54, 1.807) is 7.11 Å². The number of nitrogens with two attached hydrogens (primary N) is 1. The summed E-state index contributed by atoms with van der Waals surface area (Å²) in [5, 5.41) is 0. The number of methoxy groups -OCH3 is 1. The second kappa shape index (κ2) is 7.46. The molecule has 1 aliphatic rings. The largest absolute Gasteiger partial charge is 0.497 e. The maximum atomic E-state index is 12.5. The number of benzene rings is 1. The van der Waals surface area contributed by atoms with Gasteiger partial charge in [-0.25, -0.2) is 0 Å². The molecule has 1 saturated carbocycles. The molecule has 2 unspecified atom stereocenters. The van der Waals surface area contributed by atoms with Crippen molar-refractivity contribution < 1.29 is 9.53 Å². The lowest BCUT2D eigenvalue weighted by Crippen LogP contribution is -2.46. The molecule has 1 fully saturated rings. The van der Waals surface area contributed by atoms with E-state index in [-0.39, 0.29) is 5.91 Å². The monoisotopic (exact) mass is 290 g/mol. The Morgan fingerprint density at radius 2 is 1.95 bits per heavy atom. The van der Waals surface area contributed by atoms with Crippen LogP contribution < -0.4 is 10.5 Å². The lowest BCUT2D eigenvalue weighted by Gasteiger charge is -2.37. The molecule has 4 nitrogen and oxygen atoms in total. The second-order valence-corrected chi connectivity index (χ2v) is 5.88. The smallest absolute Gasteiger partial charge is 0.226 e. The Bertz CT molecular complexity index is 458. The first kappa shape index (κ1) is 15.8. The van der Waals surface area contributed by atoms with Gasteiger partial charge in [0.05, 0.1) is 13.5 Å². The molecular weight excluding hydrogens is 264 g/mol. The SMILES string of the molecule is COc1ccc(CC(=O)N(C)C2CCCCC2CN)cc1. The first-order valence-corrected chi connectivity index (χ1v) is 7.74. The number of amides is 1. The number of nitrogens with zero attached hydrogens (tertiary/aromatic N) is 1. The first-order chi connectivity index (χ1) is 10.2. The van der Waals surface area contributed by atoms with Crippen LogP contribution in [-0.4, -0.2) is 37.6 Å². The highest BCUT2D eigenvalue weighted by Crippen LogP contribution is 2.27. The molecule has 0 heterocycles. The summed E-state index contributed by atoms with van der Waals surface area (Å²) < 4.78 is 5.14. The Morgan fingerprint density at radius 3 is 2.57 bits per heavy atom. The molecule has 0 spiro atoms. The molecule has 2 rings (SSSR count). The summed E-state index contributed by atoms with van der Waals surface area (Å²) in [7, 11) is 3.56. The minimum absolute atomic E-state index is 0.172. The van der Waals surface area contributed by atoms with Crippen LogP contribution >= 0.6 is 0 Å². The fourth-order valence-electron chi connectivity index (χ4n) is 3.20. The van der Waals surface area contributed by atoms with Crippen LogP contribution in [0, 0.1) is 5.92 Å². The second-order valence-electron chi connectivity index (χ2n) is 5.88. The van der Waals surface area contributed by atoms with Gasteiger partial charge < -0.3 is 15.4 Å². The van der Waals surface area contributed by atoms with Crippen LogP contribution in [0.2, 0.25) is 0 Å². The molecule has 2 N–H and O–H groups in total. The Labute approximate surface area is 127 Å². The van der Waals surface area contributed by atoms with E-state index in [2.05, 4.69) is 0 Å². The lowest BCUT2D eigenvalue weighted by atomic mass is 9.83. The predicted molar refractivity (Wildman–Crippen MR) is 84.3 cm³/mol. The zero-order valence-electron chi connectivity index (χ0n) is 13.0.